The molecule has 0 rings (SSSR count). The number of likely N-dealkylation sites (N-methyl/N-ethyl adjacent to an activating group) is 1. The highest BCUT2D eigenvalue weighted by Gasteiger charge is 2.24. The van der Waals surface area contributed by atoms with Crippen molar-refractivity contribution < 1.29 is 32.9 Å². The van der Waals surface area contributed by atoms with E-state index in [0.29, 0.717) is 23.9 Å². The number of quaternary nitrogens is 1. The van der Waals surface area contributed by atoms with Gasteiger partial charge in [0.1, 0.15) is 13.2 Å². The maximum absolute atomic E-state index is 13.1. The van der Waals surface area contributed by atoms with Crippen LogP contribution in [-0.4, -0.2) is 68.5 Å². The van der Waals surface area contributed by atoms with Crippen LogP contribution < -0.4 is 10.2 Å². The highest BCUT2D eigenvalue weighted by molar-refractivity contribution is 7.45. The molecule has 3 atom stereocenters. The molecule has 0 saturated heterocycles. The van der Waals surface area contributed by atoms with Crippen molar-refractivity contribution >= 4 is 13.7 Å². The molecular weight excluding hydrogens is 1120 g/mol. The molecule has 0 aliphatic heterocycles. The van der Waals surface area contributed by atoms with E-state index in [9.17, 15) is 19.4 Å². The number of phosphoric acid groups is 1. The van der Waals surface area contributed by atoms with Gasteiger partial charge in [0.2, 0.25) is 5.91 Å². The van der Waals surface area contributed by atoms with Gasteiger partial charge in [0.25, 0.3) is 7.82 Å². The van der Waals surface area contributed by atoms with E-state index in [1.54, 1.807) is 0 Å². The molecule has 0 aromatic rings. The molecule has 0 heterocycles. The van der Waals surface area contributed by atoms with Crippen LogP contribution in [0.15, 0.2) is 109 Å². The van der Waals surface area contributed by atoms with Gasteiger partial charge in [0, 0.05) is 6.42 Å². The fourth-order valence-corrected chi connectivity index (χ4v) is 11.7. The number of hydrogen-bond acceptors (Lipinski definition) is 6. The molecule has 0 fully saturated rings. The largest absolute Gasteiger partial charge is 0.756 e. The van der Waals surface area contributed by atoms with Crippen LogP contribution in [0.5, 0.6) is 0 Å². The summed E-state index contributed by atoms with van der Waals surface area (Å²) in [6.07, 6.45) is 102. The van der Waals surface area contributed by atoms with Crippen LogP contribution in [0.3, 0.4) is 0 Å². The number of nitrogens with zero attached hydrogens (tertiary/aromatic N) is 1. The monoisotopic (exact) mass is 1260 g/mol. The molecule has 8 nitrogen and oxygen atoms in total. The number of rotatable bonds is 69. The first-order valence-electron chi connectivity index (χ1n) is 37.7. The third kappa shape index (κ3) is 72.4. The van der Waals surface area contributed by atoms with Gasteiger partial charge in [0.15, 0.2) is 0 Å². The third-order valence-electron chi connectivity index (χ3n) is 16.8. The van der Waals surface area contributed by atoms with Crippen molar-refractivity contribution in [2.24, 2.45) is 0 Å². The van der Waals surface area contributed by atoms with Crippen molar-refractivity contribution in [2.75, 3.05) is 40.9 Å². The predicted molar refractivity (Wildman–Crippen MR) is 389 cm³/mol. The molecule has 0 bridgehead atoms. The average molecular weight is 1260 g/mol. The molecule has 0 spiro atoms. The van der Waals surface area contributed by atoms with Crippen molar-refractivity contribution in [3.8, 4) is 0 Å². The summed E-state index contributed by atoms with van der Waals surface area (Å²) in [4.78, 5) is 25.7. The topological polar surface area (TPSA) is 108 Å². The predicted octanol–water partition coefficient (Wildman–Crippen LogP) is 24.0. The number of hydrogen-bond donors (Lipinski definition) is 2. The zero-order valence-electron chi connectivity index (χ0n) is 59.1. The molecule has 0 saturated carbocycles. The molecular formula is C80H145N2O6P. The van der Waals surface area contributed by atoms with Crippen LogP contribution in [0.4, 0.5) is 0 Å². The van der Waals surface area contributed by atoms with Gasteiger partial charge in [-0.05, 0) is 83.5 Å². The number of aliphatic hydroxyl groups is 1. The van der Waals surface area contributed by atoms with E-state index in [2.05, 4.69) is 129 Å². The Bertz CT molecular complexity index is 1820. The number of phosphoric ester groups is 1. The Morgan fingerprint density at radius 2 is 0.685 bits per heavy atom. The summed E-state index contributed by atoms with van der Waals surface area (Å²) in [5.74, 6) is -0.167. The van der Waals surface area contributed by atoms with Crippen LogP contribution in [0.2, 0.25) is 0 Å². The first-order valence-corrected chi connectivity index (χ1v) is 39.2. The number of unbranched alkanes of at least 4 members (excludes halogenated alkanes) is 38. The average Bonchev–Trinajstić information content (AvgIpc) is 3.55. The molecule has 9 heteroatoms. The van der Waals surface area contributed by atoms with Crippen LogP contribution in [0.25, 0.3) is 0 Å². The second kappa shape index (κ2) is 69.5. The molecule has 3 unspecified atom stereocenters. The molecule has 2 N–H and O–H groups in total. The van der Waals surface area contributed by atoms with Gasteiger partial charge in [-0.15, -0.1) is 0 Å². The Morgan fingerprint density at radius 1 is 0.404 bits per heavy atom. The lowest BCUT2D eigenvalue weighted by Crippen LogP contribution is -2.46. The van der Waals surface area contributed by atoms with Gasteiger partial charge in [-0.1, -0.05) is 361 Å². The van der Waals surface area contributed by atoms with Crippen LogP contribution in [0, 0.1) is 0 Å². The Balaban J connectivity index is 4.04. The van der Waals surface area contributed by atoms with Gasteiger partial charge in [0.05, 0.1) is 39.9 Å². The van der Waals surface area contributed by atoms with E-state index in [4.69, 9.17) is 9.05 Å². The molecule has 89 heavy (non-hydrogen) atoms. The Labute approximate surface area is 552 Å². The number of amides is 1. The van der Waals surface area contributed by atoms with Crippen LogP contribution in [0.1, 0.15) is 341 Å². The summed E-state index contributed by atoms with van der Waals surface area (Å²) in [5.41, 5.74) is 0. The minimum Gasteiger partial charge on any atom is -0.756 e. The van der Waals surface area contributed by atoms with E-state index in [1.165, 1.54) is 218 Å². The Hall–Kier alpha value is -2.84. The number of nitrogens with one attached hydrogen (secondary N) is 1. The van der Waals surface area contributed by atoms with E-state index >= 15 is 0 Å². The summed E-state index contributed by atoms with van der Waals surface area (Å²) >= 11 is 0. The minimum atomic E-state index is -4.59. The van der Waals surface area contributed by atoms with Crippen molar-refractivity contribution in [3.63, 3.8) is 0 Å². The standard InChI is InChI=1S/C80H145N2O6P/c1-6-8-10-12-14-16-18-20-22-24-26-28-30-32-34-36-37-38-39-40-41-42-43-44-45-46-48-50-52-54-56-58-60-62-64-66-68-70-72-74-80(84)81-78(77-88-89(85,86)87-76-75-82(3,4)5)79(83)73-71-69-67-65-63-61-59-57-55-53-51-49-47-35-33-31-29-27-25-23-21-19-17-15-13-11-9-7-2/h8,10,14,16,20,22,26,28,32,34,37-38,40-41,43-44,46,48,78-79,83H,6-7,9,11-13,15,17-19,21,23-25,27,29-31,33,35-36,39,42,45,47,49-77H2,1-5H3,(H-,81,84,85,86)/b10-8-,16-14-,22-20-,28-26-,34-32-,38-37-,41-40-,44-43-,48-46-. The summed E-state index contributed by atoms with van der Waals surface area (Å²) < 4.78 is 23.6. The Kier molecular flexibility index (Phi) is 67.3. The Morgan fingerprint density at radius 3 is 1.00 bits per heavy atom. The number of aliphatic hydroxyl groups excluding tert-OH is 1. The van der Waals surface area contributed by atoms with E-state index in [0.717, 1.165) is 96.3 Å². The number of carbonyl (C=O) groups excluding carboxylic acids is 1. The zero-order valence-corrected chi connectivity index (χ0v) is 60.0. The minimum absolute atomic E-state index is 0.00823. The molecule has 1 amide bonds. The first kappa shape index (κ1) is 86.2. The molecule has 0 aliphatic carbocycles. The van der Waals surface area contributed by atoms with E-state index in [-0.39, 0.29) is 19.1 Å². The van der Waals surface area contributed by atoms with Crippen molar-refractivity contribution in [2.45, 2.75) is 353 Å². The van der Waals surface area contributed by atoms with Gasteiger partial charge in [-0.25, -0.2) is 0 Å². The van der Waals surface area contributed by atoms with Gasteiger partial charge in [-0.2, -0.15) is 0 Å². The first-order chi connectivity index (χ1) is 43.5. The van der Waals surface area contributed by atoms with Gasteiger partial charge >= 0.3 is 0 Å². The second-order valence-electron chi connectivity index (χ2n) is 26.6. The van der Waals surface area contributed by atoms with Crippen LogP contribution in [-0.2, 0) is 18.4 Å². The zero-order chi connectivity index (χ0) is 64.8. The lowest BCUT2D eigenvalue weighted by Gasteiger charge is -2.30. The molecule has 516 valence electrons. The van der Waals surface area contributed by atoms with Crippen LogP contribution >= 0.6 is 7.82 Å². The summed E-state index contributed by atoms with van der Waals surface area (Å²) in [5, 5.41) is 14.1. The molecule has 0 radical (unpaired) electrons. The maximum atomic E-state index is 13.1. The summed E-state index contributed by atoms with van der Waals surface area (Å²) in [6.45, 7) is 4.64. The fourth-order valence-electron chi connectivity index (χ4n) is 11.0. The maximum Gasteiger partial charge on any atom is 0.268 e. The van der Waals surface area contributed by atoms with Gasteiger partial charge < -0.3 is 28.8 Å². The summed E-state index contributed by atoms with van der Waals surface area (Å²) in [7, 11) is 1.30. The number of allylic oxidation sites excluding steroid dienone is 18. The van der Waals surface area contributed by atoms with E-state index < -0.39 is 20.0 Å². The highest BCUT2D eigenvalue weighted by atomic mass is 31.2. The lowest BCUT2D eigenvalue weighted by atomic mass is 10.0. The van der Waals surface area contributed by atoms with Crippen molar-refractivity contribution in [1.29, 1.82) is 0 Å². The van der Waals surface area contributed by atoms with E-state index in [1.807, 2.05) is 21.1 Å². The van der Waals surface area contributed by atoms with Gasteiger partial charge in [-0.3, -0.25) is 9.36 Å². The van der Waals surface area contributed by atoms with Crippen molar-refractivity contribution in [3.05, 3.63) is 109 Å². The van der Waals surface area contributed by atoms with Crippen molar-refractivity contribution in [1.82, 2.24) is 5.32 Å². The molecule has 0 aromatic heterocycles. The quantitative estimate of drug-likeness (QED) is 0.0272. The third-order valence-corrected chi connectivity index (χ3v) is 17.7. The second-order valence-corrected chi connectivity index (χ2v) is 28.0. The fraction of sp³-hybridized carbons (Fsp3) is 0.762. The smallest absolute Gasteiger partial charge is 0.268 e. The molecule has 0 aromatic carbocycles. The lowest BCUT2D eigenvalue weighted by molar-refractivity contribution is -0.870. The summed E-state index contributed by atoms with van der Waals surface area (Å²) in [6, 6.07) is -0.811. The molecule has 0 aliphatic rings. The SMILES string of the molecule is CC/C=C\C/C=C\C/C=C\C/C=C\C/C=C\C/C=C\C/C=C\C/C=C\C/C=C\CCCCCCCCCCCCCC(=O)NC(COP(=O)([O-])OCC[N+](C)(C)C)C(O)CCCCCCCCCCCCCCCCCCCCCCCCCCCCCC. The normalized spacial score (nSPS) is 14.2. The highest BCUT2D eigenvalue weighted by Crippen LogP contribution is 2.38. The number of carbonyl (C=O) groups is 1.